The Kier molecular flexibility index (Phi) is 3.41. The van der Waals surface area contributed by atoms with E-state index in [1.54, 1.807) is 4.57 Å². The first-order valence-electron chi connectivity index (χ1n) is 8.73. The van der Waals surface area contributed by atoms with Crippen LogP contribution in [-0.2, 0) is 4.79 Å². The molecular formula is C19H23N3O2. The smallest absolute Gasteiger partial charge is 0.329 e. The van der Waals surface area contributed by atoms with Crippen molar-refractivity contribution in [3.8, 4) is 0 Å². The normalized spacial score (nSPS) is 21.5. The Bertz CT molecular complexity index is 899. The second-order valence-electron chi connectivity index (χ2n) is 7.27. The Labute approximate surface area is 141 Å². The fourth-order valence-electron chi connectivity index (χ4n) is 3.77. The number of carbonyl (C=O) groups is 1. The van der Waals surface area contributed by atoms with Crippen LogP contribution in [0.2, 0.25) is 0 Å². The van der Waals surface area contributed by atoms with Crippen LogP contribution in [0.25, 0.3) is 11.0 Å². The number of piperidine rings is 1. The number of hydrogen-bond acceptors (Lipinski definition) is 2. The number of fused-ring (bicyclic) bond motifs is 1. The zero-order chi connectivity index (χ0) is 17.0. The number of nitrogens with one attached hydrogen (secondary N) is 1. The lowest BCUT2D eigenvalue weighted by Crippen LogP contribution is -2.40. The van der Waals surface area contributed by atoms with Gasteiger partial charge in [0.15, 0.2) is 0 Å². The van der Waals surface area contributed by atoms with Crippen molar-refractivity contribution < 1.29 is 4.79 Å². The first-order valence-corrected chi connectivity index (χ1v) is 8.73. The van der Waals surface area contributed by atoms with Gasteiger partial charge in [0, 0.05) is 11.7 Å². The lowest BCUT2D eigenvalue weighted by molar-refractivity contribution is -0.124. The number of imidazole rings is 1. The highest BCUT2D eigenvalue weighted by Gasteiger charge is 2.34. The standard InChI is InChI=1S/C19H23N3O2/c1-11(2)14-5-4-6-15-17(14)21(13-8-9-13)19(24)22(15)16-10-7-12(3)20-18(16)23/h4-6,11,13,16H,3,7-10H2,1-2H3,(H,20,23). The molecule has 0 spiro atoms. The zero-order valence-corrected chi connectivity index (χ0v) is 14.2. The van der Waals surface area contributed by atoms with Gasteiger partial charge in [0.25, 0.3) is 0 Å². The predicted molar refractivity (Wildman–Crippen MR) is 94.1 cm³/mol. The van der Waals surface area contributed by atoms with Crippen LogP contribution in [0.1, 0.15) is 63.1 Å². The Morgan fingerprint density at radius 3 is 2.54 bits per heavy atom. The molecule has 1 atom stereocenters. The molecule has 5 heteroatoms. The number of rotatable bonds is 3. The van der Waals surface area contributed by atoms with E-state index in [1.807, 2.05) is 16.7 Å². The van der Waals surface area contributed by atoms with E-state index in [0.717, 1.165) is 29.6 Å². The number of benzene rings is 1. The first-order chi connectivity index (χ1) is 11.5. The van der Waals surface area contributed by atoms with E-state index in [9.17, 15) is 9.59 Å². The lowest BCUT2D eigenvalue weighted by Gasteiger charge is -2.24. The third-order valence-electron chi connectivity index (χ3n) is 5.13. The van der Waals surface area contributed by atoms with E-state index in [0.29, 0.717) is 18.8 Å². The fourth-order valence-corrected chi connectivity index (χ4v) is 3.77. The van der Waals surface area contributed by atoms with Gasteiger partial charge in [0.2, 0.25) is 5.91 Å². The van der Waals surface area contributed by atoms with Crippen molar-refractivity contribution in [1.29, 1.82) is 0 Å². The van der Waals surface area contributed by atoms with E-state index in [-0.39, 0.29) is 17.6 Å². The highest BCUT2D eigenvalue weighted by atomic mass is 16.2. The molecule has 24 heavy (non-hydrogen) atoms. The van der Waals surface area contributed by atoms with Gasteiger partial charge in [-0.15, -0.1) is 0 Å². The molecule has 1 aromatic heterocycles. The van der Waals surface area contributed by atoms with Crippen LogP contribution in [-0.4, -0.2) is 15.0 Å². The van der Waals surface area contributed by atoms with Crippen LogP contribution in [0.15, 0.2) is 35.3 Å². The van der Waals surface area contributed by atoms with Gasteiger partial charge in [-0.3, -0.25) is 13.9 Å². The summed E-state index contributed by atoms with van der Waals surface area (Å²) in [7, 11) is 0. The number of carbonyl (C=O) groups excluding carboxylic acids is 1. The average Bonchev–Trinajstić information content (AvgIpc) is 3.31. The molecule has 1 aliphatic carbocycles. The largest absolute Gasteiger partial charge is 0.330 e. The molecule has 126 valence electrons. The fraction of sp³-hybridized carbons (Fsp3) is 0.474. The van der Waals surface area contributed by atoms with Gasteiger partial charge in [-0.2, -0.15) is 0 Å². The van der Waals surface area contributed by atoms with Crippen LogP contribution >= 0.6 is 0 Å². The molecule has 0 radical (unpaired) electrons. The molecule has 1 saturated carbocycles. The maximum Gasteiger partial charge on any atom is 0.330 e. The summed E-state index contributed by atoms with van der Waals surface area (Å²) >= 11 is 0. The van der Waals surface area contributed by atoms with Crippen molar-refractivity contribution in [3.05, 3.63) is 46.5 Å². The molecule has 4 rings (SSSR count). The van der Waals surface area contributed by atoms with E-state index in [2.05, 4.69) is 31.8 Å². The molecular weight excluding hydrogens is 302 g/mol. The van der Waals surface area contributed by atoms with Crippen LogP contribution in [0, 0.1) is 0 Å². The molecule has 0 bridgehead atoms. The van der Waals surface area contributed by atoms with Crippen molar-refractivity contribution in [1.82, 2.24) is 14.5 Å². The van der Waals surface area contributed by atoms with Crippen LogP contribution in [0.5, 0.6) is 0 Å². The highest BCUT2D eigenvalue weighted by molar-refractivity contribution is 5.87. The topological polar surface area (TPSA) is 56.0 Å². The molecule has 2 heterocycles. The number of aromatic nitrogens is 2. The number of allylic oxidation sites excluding steroid dienone is 1. The van der Waals surface area contributed by atoms with Crippen LogP contribution in [0.4, 0.5) is 0 Å². The SMILES string of the molecule is C=C1CCC(n2c(=O)n(C3CC3)c3c(C(C)C)cccc32)C(=O)N1. The summed E-state index contributed by atoms with van der Waals surface area (Å²) in [5.74, 6) is 0.201. The van der Waals surface area contributed by atoms with Crippen molar-refractivity contribution in [3.63, 3.8) is 0 Å². The van der Waals surface area contributed by atoms with Gasteiger partial charge >= 0.3 is 5.69 Å². The lowest BCUT2D eigenvalue weighted by atomic mass is 10.0. The molecule has 1 aliphatic heterocycles. The van der Waals surface area contributed by atoms with Gasteiger partial charge in [-0.05, 0) is 43.2 Å². The average molecular weight is 325 g/mol. The van der Waals surface area contributed by atoms with Gasteiger partial charge in [-0.25, -0.2) is 4.79 Å². The highest BCUT2D eigenvalue weighted by Crippen LogP contribution is 2.39. The summed E-state index contributed by atoms with van der Waals surface area (Å²) in [6.07, 6.45) is 3.42. The van der Waals surface area contributed by atoms with E-state index in [4.69, 9.17) is 0 Å². The van der Waals surface area contributed by atoms with Crippen LogP contribution < -0.4 is 11.0 Å². The van der Waals surface area contributed by atoms with E-state index in [1.165, 1.54) is 5.56 Å². The quantitative estimate of drug-likeness (QED) is 0.942. The molecule has 2 aliphatic rings. The molecule has 5 nitrogen and oxygen atoms in total. The molecule has 1 amide bonds. The number of para-hydroxylation sites is 1. The van der Waals surface area contributed by atoms with Gasteiger partial charge in [-0.1, -0.05) is 32.6 Å². The van der Waals surface area contributed by atoms with Crippen molar-refractivity contribution in [2.45, 2.75) is 57.5 Å². The molecule has 1 aromatic carbocycles. The Balaban J connectivity index is 1.98. The second-order valence-corrected chi connectivity index (χ2v) is 7.27. The summed E-state index contributed by atoms with van der Waals surface area (Å²) in [4.78, 5) is 25.7. The number of nitrogens with zero attached hydrogens (tertiary/aromatic N) is 2. The second kappa shape index (κ2) is 5.36. The summed E-state index contributed by atoms with van der Waals surface area (Å²) < 4.78 is 3.64. The number of amides is 1. The molecule has 1 unspecified atom stereocenters. The van der Waals surface area contributed by atoms with E-state index < -0.39 is 6.04 Å². The monoisotopic (exact) mass is 325 g/mol. The minimum Gasteiger partial charge on any atom is -0.329 e. The third kappa shape index (κ3) is 2.22. The van der Waals surface area contributed by atoms with Crippen LogP contribution in [0.3, 0.4) is 0 Å². The maximum atomic E-state index is 13.2. The van der Waals surface area contributed by atoms with Crippen molar-refractivity contribution >= 4 is 16.9 Å². The zero-order valence-electron chi connectivity index (χ0n) is 14.2. The summed E-state index contributed by atoms with van der Waals surface area (Å²) in [5.41, 5.74) is 3.75. The Hall–Kier alpha value is -2.30. The van der Waals surface area contributed by atoms with Gasteiger partial charge in [0.05, 0.1) is 11.0 Å². The van der Waals surface area contributed by atoms with Crippen molar-refractivity contribution in [2.24, 2.45) is 0 Å². The molecule has 2 fully saturated rings. The summed E-state index contributed by atoms with van der Waals surface area (Å²) in [5, 5.41) is 2.81. The van der Waals surface area contributed by atoms with Gasteiger partial charge in [0.1, 0.15) is 6.04 Å². The third-order valence-corrected chi connectivity index (χ3v) is 5.13. The van der Waals surface area contributed by atoms with E-state index >= 15 is 0 Å². The Morgan fingerprint density at radius 1 is 1.17 bits per heavy atom. The summed E-state index contributed by atoms with van der Waals surface area (Å²) in [6.45, 7) is 8.12. The maximum absolute atomic E-state index is 13.2. The first kappa shape index (κ1) is 15.2. The summed E-state index contributed by atoms with van der Waals surface area (Å²) in [6, 6.07) is 5.89. The predicted octanol–water partition coefficient (Wildman–Crippen LogP) is 3.23. The molecule has 1 N–H and O–H groups in total. The minimum absolute atomic E-state index is 0.0479. The van der Waals surface area contributed by atoms with Gasteiger partial charge < -0.3 is 5.32 Å². The minimum atomic E-state index is -0.451. The Morgan fingerprint density at radius 2 is 1.92 bits per heavy atom. The van der Waals surface area contributed by atoms with Crippen molar-refractivity contribution in [2.75, 3.05) is 0 Å². The molecule has 2 aromatic rings. The molecule has 1 saturated heterocycles. The number of hydrogen-bond donors (Lipinski definition) is 1.